The largest absolute Gasteiger partial charge is 0.496 e. The van der Waals surface area contributed by atoms with Crippen LogP contribution in [0, 0.1) is 0 Å². The average molecular weight is 464 g/mol. The molecule has 0 N–H and O–H groups in total. The molecule has 0 amide bonds. The minimum Gasteiger partial charge on any atom is -0.496 e. The van der Waals surface area contributed by atoms with Gasteiger partial charge in [0.05, 0.1) is 32.6 Å². The first-order chi connectivity index (χ1) is 13.6. The van der Waals surface area contributed by atoms with Crippen molar-refractivity contribution in [1.29, 1.82) is 0 Å². The summed E-state index contributed by atoms with van der Waals surface area (Å²) in [5, 5.41) is 2.63. The van der Waals surface area contributed by atoms with Crippen molar-refractivity contribution in [2.24, 2.45) is 0 Å². The second-order valence-electron chi connectivity index (χ2n) is 5.60. The molecule has 8 heteroatoms. The molecule has 0 bridgehead atoms. The fourth-order valence-corrected chi connectivity index (χ4v) is 3.79. The van der Waals surface area contributed by atoms with Crippen molar-refractivity contribution in [2.45, 2.75) is 6.61 Å². The molecule has 2 aromatic carbocycles. The molecular weight excluding hydrogens is 446 g/mol. The van der Waals surface area contributed by atoms with Crippen molar-refractivity contribution in [3.8, 4) is 27.8 Å². The van der Waals surface area contributed by atoms with Gasteiger partial charge in [-0.15, -0.1) is 11.3 Å². The highest BCUT2D eigenvalue weighted by Gasteiger charge is 2.20. The normalized spacial score (nSPS) is 10.4. The van der Waals surface area contributed by atoms with E-state index < -0.39 is 5.97 Å². The summed E-state index contributed by atoms with van der Waals surface area (Å²) < 4.78 is 22.3. The van der Waals surface area contributed by atoms with Gasteiger partial charge in [-0.3, -0.25) is 0 Å². The van der Waals surface area contributed by atoms with E-state index in [4.69, 9.17) is 18.9 Å². The third-order valence-corrected chi connectivity index (χ3v) is 5.34. The number of thiazole rings is 1. The van der Waals surface area contributed by atoms with Gasteiger partial charge in [-0.25, -0.2) is 9.78 Å². The van der Waals surface area contributed by atoms with Crippen molar-refractivity contribution in [1.82, 2.24) is 4.98 Å². The quantitative estimate of drug-likeness (QED) is 0.461. The molecule has 146 valence electrons. The van der Waals surface area contributed by atoms with Crippen LogP contribution in [0.1, 0.15) is 16.1 Å². The number of aromatic nitrogens is 1. The molecule has 0 aliphatic carbocycles. The molecule has 0 radical (unpaired) electrons. The minimum absolute atomic E-state index is 0.0346. The van der Waals surface area contributed by atoms with E-state index in [1.54, 1.807) is 25.3 Å². The highest BCUT2D eigenvalue weighted by atomic mass is 79.9. The van der Waals surface area contributed by atoms with Crippen LogP contribution in [0.2, 0.25) is 0 Å². The summed E-state index contributed by atoms with van der Waals surface area (Å²) in [6.45, 7) is 0.0346. The maximum Gasteiger partial charge on any atom is 0.346 e. The Morgan fingerprint density at radius 1 is 1.04 bits per heavy atom. The van der Waals surface area contributed by atoms with Crippen LogP contribution in [0.15, 0.2) is 46.3 Å². The maximum atomic E-state index is 12.6. The molecule has 0 spiro atoms. The van der Waals surface area contributed by atoms with Gasteiger partial charge in [0, 0.05) is 9.85 Å². The molecule has 28 heavy (non-hydrogen) atoms. The molecule has 0 fully saturated rings. The number of rotatable bonds is 7. The molecule has 0 aliphatic heterocycles. The predicted octanol–water partition coefficient (Wildman–Crippen LogP) is 4.96. The van der Waals surface area contributed by atoms with E-state index in [0.717, 1.165) is 20.8 Å². The van der Waals surface area contributed by atoms with Crippen LogP contribution in [0.3, 0.4) is 0 Å². The first-order valence-electron chi connectivity index (χ1n) is 8.23. The second kappa shape index (κ2) is 9.07. The van der Waals surface area contributed by atoms with Crippen LogP contribution in [-0.2, 0) is 11.3 Å². The summed E-state index contributed by atoms with van der Waals surface area (Å²) in [6.07, 6.45) is 0. The molecule has 0 atom stereocenters. The lowest BCUT2D eigenvalue weighted by Gasteiger charge is -2.11. The molecule has 0 saturated carbocycles. The van der Waals surface area contributed by atoms with Crippen LogP contribution in [0.5, 0.6) is 17.2 Å². The number of nitrogens with zero attached hydrogens (tertiary/aromatic N) is 1. The topological polar surface area (TPSA) is 66.9 Å². The fourth-order valence-electron chi connectivity index (χ4n) is 2.61. The number of benzene rings is 2. The van der Waals surface area contributed by atoms with Crippen LogP contribution in [0.4, 0.5) is 0 Å². The van der Waals surface area contributed by atoms with E-state index in [1.165, 1.54) is 25.6 Å². The average Bonchev–Trinajstić information content (AvgIpc) is 3.20. The van der Waals surface area contributed by atoms with Gasteiger partial charge in [0.1, 0.15) is 34.4 Å². The van der Waals surface area contributed by atoms with Gasteiger partial charge in [0.25, 0.3) is 0 Å². The molecule has 0 aliphatic rings. The number of methoxy groups -OCH3 is 3. The SMILES string of the molecule is COc1ccc(Br)cc1-c1nc(COC(=O)c2c(OC)cccc2OC)cs1. The second-order valence-corrected chi connectivity index (χ2v) is 7.38. The summed E-state index contributed by atoms with van der Waals surface area (Å²) in [5.74, 6) is 0.966. The summed E-state index contributed by atoms with van der Waals surface area (Å²) in [6, 6.07) is 10.8. The van der Waals surface area contributed by atoms with Gasteiger partial charge in [0.15, 0.2) is 0 Å². The Hall–Kier alpha value is -2.58. The predicted molar refractivity (Wildman–Crippen MR) is 110 cm³/mol. The maximum absolute atomic E-state index is 12.6. The zero-order chi connectivity index (χ0) is 20.1. The summed E-state index contributed by atoms with van der Waals surface area (Å²) in [4.78, 5) is 17.1. The third-order valence-electron chi connectivity index (χ3n) is 3.93. The Balaban J connectivity index is 1.77. The van der Waals surface area contributed by atoms with Gasteiger partial charge in [-0.1, -0.05) is 22.0 Å². The van der Waals surface area contributed by atoms with Crippen LogP contribution >= 0.6 is 27.3 Å². The molecule has 0 saturated heterocycles. The molecule has 0 unspecified atom stereocenters. The third kappa shape index (κ3) is 4.28. The molecule has 3 aromatic rings. The van der Waals surface area contributed by atoms with Crippen molar-refractivity contribution in [3.05, 3.63) is 57.5 Å². The van der Waals surface area contributed by atoms with Gasteiger partial charge >= 0.3 is 5.97 Å². The number of halogens is 1. The summed E-state index contributed by atoms with van der Waals surface area (Å²) >= 11 is 4.91. The smallest absolute Gasteiger partial charge is 0.346 e. The van der Waals surface area contributed by atoms with E-state index in [2.05, 4.69) is 20.9 Å². The lowest BCUT2D eigenvalue weighted by Crippen LogP contribution is -2.09. The number of carbonyl (C=O) groups is 1. The lowest BCUT2D eigenvalue weighted by molar-refractivity contribution is 0.0461. The highest BCUT2D eigenvalue weighted by Crippen LogP contribution is 2.35. The monoisotopic (exact) mass is 463 g/mol. The summed E-state index contributed by atoms with van der Waals surface area (Å²) in [5.41, 5.74) is 1.76. The van der Waals surface area contributed by atoms with Gasteiger partial charge < -0.3 is 18.9 Å². The van der Waals surface area contributed by atoms with E-state index in [0.29, 0.717) is 17.2 Å². The Morgan fingerprint density at radius 2 is 1.71 bits per heavy atom. The van der Waals surface area contributed by atoms with Crippen molar-refractivity contribution < 1.29 is 23.7 Å². The first-order valence-corrected chi connectivity index (χ1v) is 9.91. The number of hydrogen-bond acceptors (Lipinski definition) is 7. The minimum atomic E-state index is -0.538. The molecule has 1 heterocycles. The Kier molecular flexibility index (Phi) is 6.53. The van der Waals surface area contributed by atoms with Crippen molar-refractivity contribution >= 4 is 33.2 Å². The van der Waals surface area contributed by atoms with Crippen LogP contribution < -0.4 is 14.2 Å². The van der Waals surface area contributed by atoms with E-state index in [-0.39, 0.29) is 12.2 Å². The number of hydrogen-bond donors (Lipinski definition) is 0. The Bertz CT molecular complexity index is 966. The van der Waals surface area contributed by atoms with E-state index >= 15 is 0 Å². The Morgan fingerprint density at radius 3 is 2.36 bits per heavy atom. The lowest BCUT2D eigenvalue weighted by atomic mass is 10.2. The van der Waals surface area contributed by atoms with Crippen molar-refractivity contribution in [2.75, 3.05) is 21.3 Å². The first kappa shape index (κ1) is 20.2. The fraction of sp³-hybridized carbons (Fsp3) is 0.200. The van der Waals surface area contributed by atoms with Gasteiger partial charge in [-0.2, -0.15) is 0 Å². The zero-order valence-electron chi connectivity index (χ0n) is 15.5. The van der Waals surface area contributed by atoms with E-state index in [9.17, 15) is 4.79 Å². The standard InChI is InChI=1S/C20H18BrNO5S/c1-24-15-8-7-12(21)9-14(15)19-22-13(11-28-19)10-27-20(23)18-16(25-2)5-4-6-17(18)26-3/h4-9,11H,10H2,1-3H3. The number of esters is 1. The van der Waals surface area contributed by atoms with Crippen LogP contribution in [-0.4, -0.2) is 32.3 Å². The zero-order valence-corrected chi connectivity index (χ0v) is 17.9. The molecule has 6 nitrogen and oxygen atoms in total. The number of carbonyl (C=O) groups excluding carboxylic acids is 1. The Labute approximate surface area is 175 Å². The molecule has 1 aromatic heterocycles. The summed E-state index contributed by atoms with van der Waals surface area (Å²) in [7, 11) is 4.59. The molecule has 3 rings (SSSR count). The molecular formula is C20H18BrNO5S. The number of ether oxygens (including phenoxy) is 4. The van der Waals surface area contributed by atoms with Crippen molar-refractivity contribution in [3.63, 3.8) is 0 Å². The van der Waals surface area contributed by atoms with Gasteiger partial charge in [-0.05, 0) is 30.3 Å². The highest BCUT2D eigenvalue weighted by molar-refractivity contribution is 9.10. The van der Waals surface area contributed by atoms with Crippen LogP contribution in [0.25, 0.3) is 10.6 Å². The van der Waals surface area contributed by atoms with Gasteiger partial charge in [0.2, 0.25) is 0 Å². The van der Waals surface area contributed by atoms with E-state index in [1.807, 2.05) is 23.6 Å².